The lowest BCUT2D eigenvalue weighted by molar-refractivity contribution is -0.126. The van der Waals surface area contributed by atoms with Crippen molar-refractivity contribution < 1.29 is 18.7 Å². The molecular weight excluding hydrogens is 517 g/mol. The van der Waals surface area contributed by atoms with Gasteiger partial charge in [-0.25, -0.2) is 4.39 Å². The lowest BCUT2D eigenvalue weighted by Crippen LogP contribution is -2.49. The molecule has 1 atom stereocenters. The molecule has 3 aromatic rings. The summed E-state index contributed by atoms with van der Waals surface area (Å²) in [7, 11) is 0. The number of ether oxygens (including phenoxy) is 1. The molecule has 7 heteroatoms. The Bertz CT molecular complexity index is 1430. The molecule has 3 aromatic carbocycles. The highest BCUT2D eigenvalue weighted by atomic mass is 19.1. The first-order valence-corrected chi connectivity index (χ1v) is 14.5. The highest BCUT2D eigenvalue weighted by Crippen LogP contribution is 2.34. The molecule has 1 N–H and O–H groups in total. The van der Waals surface area contributed by atoms with E-state index < -0.39 is 6.04 Å². The van der Waals surface area contributed by atoms with E-state index >= 15 is 0 Å². The summed E-state index contributed by atoms with van der Waals surface area (Å²) in [4.78, 5) is 29.8. The second kappa shape index (κ2) is 11.9. The first kappa shape index (κ1) is 27.2. The normalized spacial score (nSPS) is 19.8. The Labute approximate surface area is 240 Å². The average molecular weight is 554 g/mol. The van der Waals surface area contributed by atoms with Gasteiger partial charge >= 0.3 is 0 Å². The number of carbonyl (C=O) groups is 2. The summed E-state index contributed by atoms with van der Waals surface area (Å²) < 4.78 is 19.4. The van der Waals surface area contributed by atoms with E-state index in [1.807, 2.05) is 30.3 Å². The van der Waals surface area contributed by atoms with Crippen LogP contribution in [-0.4, -0.2) is 40.7 Å². The van der Waals surface area contributed by atoms with E-state index in [9.17, 15) is 14.0 Å². The predicted molar refractivity (Wildman–Crippen MR) is 155 cm³/mol. The molecule has 2 saturated heterocycles. The van der Waals surface area contributed by atoms with E-state index in [-0.39, 0.29) is 17.6 Å². The quantitative estimate of drug-likeness (QED) is 0.394. The predicted octanol–water partition coefficient (Wildman–Crippen LogP) is 5.61. The SMILES string of the molecule is C=C1CCC(N2Cc3c(OCc4ccc(CN5CCC(Cc6ccc(F)cc6)CC5)cc4)cccc3C2=O)C(=O)N1. The number of nitrogens with zero attached hydrogens (tertiary/aromatic N) is 2. The van der Waals surface area contributed by atoms with Crippen molar-refractivity contribution >= 4 is 11.8 Å². The van der Waals surface area contributed by atoms with Crippen LogP contribution < -0.4 is 10.1 Å². The summed E-state index contributed by atoms with van der Waals surface area (Å²) in [6, 6.07) is 20.5. The molecule has 0 aromatic heterocycles. The Kier molecular flexibility index (Phi) is 7.88. The van der Waals surface area contributed by atoms with Crippen molar-refractivity contribution in [1.82, 2.24) is 15.1 Å². The minimum atomic E-state index is -0.485. The number of hydrogen-bond donors (Lipinski definition) is 1. The smallest absolute Gasteiger partial charge is 0.255 e. The van der Waals surface area contributed by atoms with Gasteiger partial charge in [0.15, 0.2) is 0 Å². The topological polar surface area (TPSA) is 61.9 Å². The minimum Gasteiger partial charge on any atom is -0.489 e. The third-order valence-electron chi connectivity index (χ3n) is 8.62. The number of carbonyl (C=O) groups excluding carboxylic acids is 2. The number of halogens is 1. The molecule has 1 unspecified atom stereocenters. The van der Waals surface area contributed by atoms with Crippen LogP contribution in [-0.2, 0) is 30.9 Å². The van der Waals surface area contributed by atoms with Crippen LogP contribution in [0.3, 0.4) is 0 Å². The monoisotopic (exact) mass is 553 g/mol. The molecule has 41 heavy (non-hydrogen) atoms. The summed E-state index contributed by atoms with van der Waals surface area (Å²) in [6.07, 6.45) is 4.59. The molecule has 0 aliphatic carbocycles. The van der Waals surface area contributed by atoms with E-state index in [1.54, 1.807) is 17.0 Å². The minimum absolute atomic E-state index is 0.123. The Hall–Kier alpha value is -3.97. The van der Waals surface area contributed by atoms with Crippen molar-refractivity contribution in [2.45, 2.75) is 57.8 Å². The fourth-order valence-electron chi connectivity index (χ4n) is 6.24. The van der Waals surface area contributed by atoms with Crippen LogP contribution in [0.25, 0.3) is 0 Å². The van der Waals surface area contributed by atoms with Crippen LogP contribution in [0.1, 0.15) is 58.3 Å². The van der Waals surface area contributed by atoms with Gasteiger partial charge in [0.25, 0.3) is 5.91 Å². The molecule has 3 heterocycles. The molecule has 2 amide bonds. The third-order valence-corrected chi connectivity index (χ3v) is 8.62. The fourth-order valence-corrected chi connectivity index (χ4v) is 6.24. The molecule has 3 aliphatic heterocycles. The molecule has 0 saturated carbocycles. The van der Waals surface area contributed by atoms with E-state index in [0.717, 1.165) is 50.0 Å². The van der Waals surface area contributed by atoms with Crippen molar-refractivity contribution in [2.24, 2.45) is 5.92 Å². The maximum absolute atomic E-state index is 13.2. The lowest BCUT2D eigenvalue weighted by atomic mass is 9.90. The number of amides is 2. The van der Waals surface area contributed by atoms with E-state index in [0.29, 0.717) is 48.9 Å². The van der Waals surface area contributed by atoms with Gasteiger partial charge in [-0.05, 0) is 92.1 Å². The molecule has 0 radical (unpaired) electrons. The lowest BCUT2D eigenvalue weighted by Gasteiger charge is -2.32. The number of nitrogens with one attached hydrogen (secondary N) is 1. The Balaban J connectivity index is 1.00. The van der Waals surface area contributed by atoms with Gasteiger partial charge in [0.05, 0.1) is 6.54 Å². The van der Waals surface area contributed by atoms with Gasteiger partial charge in [-0.15, -0.1) is 0 Å². The van der Waals surface area contributed by atoms with Crippen molar-refractivity contribution in [1.29, 1.82) is 0 Å². The fraction of sp³-hybridized carbons (Fsp3) is 0.353. The zero-order valence-corrected chi connectivity index (χ0v) is 23.3. The van der Waals surface area contributed by atoms with Crippen molar-refractivity contribution in [3.8, 4) is 5.75 Å². The molecule has 0 spiro atoms. The number of piperidine rings is 2. The summed E-state index contributed by atoms with van der Waals surface area (Å²) in [6.45, 7) is 7.68. The first-order valence-electron chi connectivity index (χ1n) is 14.5. The number of hydrogen-bond acceptors (Lipinski definition) is 4. The van der Waals surface area contributed by atoms with Crippen LogP contribution in [0.4, 0.5) is 4.39 Å². The van der Waals surface area contributed by atoms with Crippen LogP contribution in [0.5, 0.6) is 5.75 Å². The molecule has 6 rings (SSSR count). The highest BCUT2D eigenvalue weighted by Gasteiger charge is 2.39. The van der Waals surface area contributed by atoms with Gasteiger partial charge in [-0.3, -0.25) is 14.5 Å². The second-order valence-corrected chi connectivity index (χ2v) is 11.5. The Morgan fingerprint density at radius 3 is 2.34 bits per heavy atom. The van der Waals surface area contributed by atoms with Crippen LogP contribution >= 0.6 is 0 Å². The van der Waals surface area contributed by atoms with E-state index in [4.69, 9.17) is 4.74 Å². The summed E-state index contributed by atoms with van der Waals surface area (Å²) in [5.74, 6) is 0.872. The highest BCUT2D eigenvalue weighted by molar-refractivity contribution is 6.02. The number of likely N-dealkylation sites (tertiary alicyclic amines) is 1. The van der Waals surface area contributed by atoms with Gasteiger partial charge in [-0.2, -0.15) is 0 Å². The largest absolute Gasteiger partial charge is 0.489 e. The second-order valence-electron chi connectivity index (χ2n) is 11.5. The van der Waals surface area contributed by atoms with Crippen LogP contribution in [0, 0.1) is 11.7 Å². The summed E-state index contributed by atoms with van der Waals surface area (Å²) in [5.41, 5.74) is 5.71. The number of fused-ring (bicyclic) bond motifs is 1. The molecular formula is C34H36FN3O3. The standard InChI is InChI=1S/C34H36FN3O3/c1-23-5-14-31(33(39)36-23)38-21-30-29(34(38)40)3-2-4-32(30)41-22-27-8-6-26(7-9-27)20-37-17-15-25(16-18-37)19-24-10-12-28(35)13-11-24/h2-4,6-13,25,31H,1,5,14-22H2,(H,36,39). The van der Waals surface area contributed by atoms with Gasteiger partial charge < -0.3 is 15.0 Å². The maximum atomic E-state index is 13.2. The van der Waals surface area contributed by atoms with Gasteiger partial charge in [0.1, 0.15) is 24.2 Å². The number of rotatable bonds is 8. The van der Waals surface area contributed by atoms with Gasteiger partial charge in [0, 0.05) is 23.4 Å². The van der Waals surface area contributed by atoms with Crippen LogP contribution in [0.15, 0.2) is 79.0 Å². The van der Waals surface area contributed by atoms with Crippen molar-refractivity contribution in [3.05, 3.63) is 113 Å². The van der Waals surface area contributed by atoms with Crippen LogP contribution in [0.2, 0.25) is 0 Å². The molecule has 0 bridgehead atoms. The molecule has 3 aliphatic rings. The number of benzene rings is 3. The zero-order valence-electron chi connectivity index (χ0n) is 23.3. The maximum Gasteiger partial charge on any atom is 0.255 e. The summed E-state index contributed by atoms with van der Waals surface area (Å²) >= 11 is 0. The summed E-state index contributed by atoms with van der Waals surface area (Å²) in [5, 5.41) is 2.79. The molecule has 2 fully saturated rings. The Morgan fingerprint density at radius 2 is 1.61 bits per heavy atom. The van der Waals surface area contributed by atoms with E-state index in [2.05, 4.69) is 41.1 Å². The average Bonchev–Trinajstić information content (AvgIpc) is 3.31. The Morgan fingerprint density at radius 1 is 0.902 bits per heavy atom. The van der Waals surface area contributed by atoms with E-state index in [1.165, 1.54) is 11.1 Å². The van der Waals surface area contributed by atoms with Gasteiger partial charge in [0.2, 0.25) is 5.91 Å². The zero-order chi connectivity index (χ0) is 28.3. The molecule has 212 valence electrons. The third kappa shape index (κ3) is 6.20. The molecule has 6 nitrogen and oxygen atoms in total. The number of allylic oxidation sites excluding steroid dienone is 1. The van der Waals surface area contributed by atoms with Crippen molar-refractivity contribution in [2.75, 3.05) is 13.1 Å². The van der Waals surface area contributed by atoms with Gasteiger partial charge in [-0.1, -0.05) is 49.0 Å². The first-order chi connectivity index (χ1) is 19.9. The van der Waals surface area contributed by atoms with Crippen molar-refractivity contribution in [3.63, 3.8) is 0 Å².